The van der Waals surface area contributed by atoms with Crippen LogP contribution in [-0.4, -0.2) is 12.6 Å². The Morgan fingerprint density at radius 3 is 2.45 bits per heavy atom. The van der Waals surface area contributed by atoms with Gasteiger partial charge in [-0.15, -0.1) is 0 Å². The van der Waals surface area contributed by atoms with Gasteiger partial charge in [-0.1, -0.05) is 13.8 Å². The van der Waals surface area contributed by atoms with Gasteiger partial charge in [0.15, 0.2) is 0 Å². The zero-order chi connectivity index (χ0) is 7.90. The van der Waals surface area contributed by atoms with Crippen molar-refractivity contribution in [2.24, 2.45) is 11.3 Å². The third-order valence-corrected chi connectivity index (χ3v) is 3.08. The number of rotatable bonds is 3. The molecule has 0 aliphatic heterocycles. The van der Waals surface area contributed by atoms with Crippen LogP contribution in [0.15, 0.2) is 0 Å². The summed E-state index contributed by atoms with van der Waals surface area (Å²) in [6, 6.07) is 0.891. The van der Waals surface area contributed by atoms with Crippen molar-refractivity contribution in [1.82, 2.24) is 5.32 Å². The molecule has 11 heavy (non-hydrogen) atoms. The summed E-state index contributed by atoms with van der Waals surface area (Å²) in [5.41, 5.74) is 0.655. The Balaban J connectivity index is 1.68. The van der Waals surface area contributed by atoms with Crippen molar-refractivity contribution in [2.45, 2.75) is 45.6 Å². The van der Waals surface area contributed by atoms with Crippen LogP contribution in [0, 0.1) is 11.3 Å². The average molecular weight is 153 g/mol. The minimum absolute atomic E-state index is 0.655. The first-order valence-corrected chi connectivity index (χ1v) is 4.91. The summed E-state index contributed by atoms with van der Waals surface area (Å²) in [6.45, 7) is 6.04. The van der Waals surface area contributed by atoms with Gasteiger partial charge in [-0.3, -0.25) is 0 Å². The highest BCUT2D eigenvalue weighted by Gasteiger charge is 2.38. The molecule has 1 heteroatoms. The fraction of sp³-hybridized carbons (Fsp3) is 1.00. The van der Waals surface area contributed by atoms with Gasteiger partial charge in [-0.2, -0.15) is 0 Å². The second kappa shape index (κ2) is 2.48. The molecule has 0 aromatic rings. The summed E-state index contributed by atoms with van der Waals surface area (Å²) in [7, 11) is 0. The molecule has 2 aliphatic carbocycles. The van der Waals surface area contributed by atoms with E-state index < -0.39 is 0 Å². The van der Waals surface area contributed by atoms with Crippen LogP contribution in [0.2, 0.25) is 0 Å². The molecule has 0 unspecified atom stereocenters. The second-order valence-electron chi connectivity index (χ2n) is 4.98. The zero-order valence-corrected chi connectivity index (χ0v) is 7.69. The van der Waals surface area contributed by atoms with Crippen LogP contribution < -0.4 is 5.32 Å². The van der Waals surface area contributed by atoms with Gasteiger partial charge < -0.3 is 5.32 Å². The van der Waals surface area contributed by atoms with E-state index in [0.717, 1.165) is 12.0 Å². The Labute approximate surface area is 69.6 Å². The third kappa shape index (κ3) is 1.76. The van der Waals surface area contributed by atoms with Gasteiger partial charge in [0.2, 0.25) is 0 Å². The van der Waals surface area contributed by atoms with E-state index in [2.05, 4.69) is 19.2 Å². The van der Waals surface area contributed by atoms with Gasteiger partial charge in [-0.25, -0.2) is 0 Å². The van der Waals surface area contributed by atoms with Crippen molar-refractivity contribution in [3.05, 3.63) is 0 Å². The first kappa shape index (κ1) is 7.60. The number of hydrogen-bond donors (Lipinski definition) is 1. The Morgan fingerprint density at radius 1 is 1.36 bits per heavy atom. The maximum atomic E-state index is 3.62. The van der Waals surface area contributed by atoms with E-state index in [1.807, 2.05) is 0 Å². The van der Waals surface area contributed by atoms with Crippen molar-refractivity contribution < 1.29 is 0 Å². The van der Waals surface area contributed by atoms with Gasteiger partial charge in [0.1, 0.15) is 0 Å². The lowest BCUT2D eigenvalue weighted by atomic mass is 9.64. The van der Waals surface area contributed by atoms with Crippen LogP contribution in [0.5, 0.6) is 0 Å². The summed E-state index contributed by atoms with van der Waals surface area (Å²) in [5, 5.41) is 3.62. The number of nitrogens with one attached hydrogen (secondary N) is 1. The molecule has 0 bridgehead atoms. The quantitative estimate of drug-likeness (QED) is 0.655. The molecule has 2 aliphatic rings. The standard InChI is InChI=1S/C10H19N/c1-8-5-10(2,6-8)7-11-9-3-4-9/h8-9,11H,3-7H2,1-2H3. The highest BCUT2D eigenvalue weighted by Crippen LogP contribution is 2.44. The van der Waals surface area contributed by atoms with Gasteiger partial charge in [0.05, 0.1) is 0 Å². The SMILES string of the molecule is CC1CC(C)(CNC2CC2)C1. The summed E-state index contributed by atoms with van der Waals surface area (Å²) < 4.78 is 0. The molecule has 0 saturated heterocycles. The molecule has 0 spiro atoms. The minimum atomic E-state index is 0.655. The first-order chi connectivity index (χ1) is 5.18. The lowest BCUT2D eigenvalue weighted by Crippen LogP contribution is -2.42. The number of hydrogen-bond acceptors (Lipinski definition) is 1. The van der Waals surface area contributed by atoms with Gasteiger partial charge in [-0.05, 0) is 37.0 Å². The Bertz CT molecular complexity index is 143. The van der Waals surface area contributed by atoms with Gasteiger partial charge in [0, 0.05) is 12.6 Å². The Morgan fingerprint density at radius 2 is 2.00 bits per heavy atom. The van der Waals surface area contributed by atoms with Crippen molar-refractivity contribution in [1.29, 1.82) is 0 Å². The van der Waals surface area contributed by atoms with Crippen LogP contribution in [0.25, 0.3) is 0 Å². The van der Waals surface area contributed by atoms with Gasteiger partial charge >= 0.3 is 0 Å². The molecule has 0 heterocycles. The molecule has 64 valence electrons. The zero-order valence-electron chi connectivity index (χ0n) is 7.69. The fourth-order valence-corrected chi connectivity index (χ4v) is 2.45. The molecule has 0 aromatic carbocycles. The molecule has 2 saturated carbocycles. The predicted octanol–water partition coefficient (Wildman–Crippen LogP) is 2.17. The van der Waals surface area contributed by atoms with E-state index in [9.17, 15) is 0 Å². The van der Waals surface area contributed by atoms with Crippen molar-refractivity contribution >= 4 is 0 Å². The topological polar surface area (TPSA) is 12.0 Å². The molecule has 0 aromatic heterocycles. The maximum Gasteiger partial charge on any atom is 0.00684 e. The van der Waals surface area contributed by atoms with Crippen LogP contribution in [0.3, 0.4) is 0 Å². The lowest BCUT2D eigenvalue weighted by molar-refractivity contribution is 0.0866. The van der Waals surface area contributed by atoms with Crippen LogP contribution in [0.4, 0.5) is 0 Å². The van der Waals surface area contributed by atoms with Gasteiger partial charge in [0.25, 0.3) is 0 Å². The molecule has 1 nitrogen and oxygen atoms in total. The molecule has 0 radical (unpaired) electrons. The van der Waals surface area contributed by atoms with E-state index in [0.29, 0.717) is 5.41 Å². The van der Waals surface area contributed by atoms with E-state index in [1.165, 1.54) is 32.2 Å². The summed E-state index contributed by atoms with van der Waals surface area (Å²) in [6.07, 6.45) is 5.72. The van der Waals surface area contributed by atoms with E-state index in [1.54, 1.807) is 0 Å². The highest BCUT2D eigenvalue weighted by molar-refractivity contribution is 4.92. The average Bonchev–Trinajstić information content (AvgIpc) is 2.62. The molecule has 0 atom stereocenters. The van der Waals surface area contributed by atoms with Crippen molar-refractivity contribution in [3.8, 4) is 0 Å². The Kier molecular flexibility index (Phi) is 1.71. The molecular formula is C10H19N. The van der Waals surface area contributed by atoms with Crippen LogP contribution in [-0.2, 0) is 0 Å². The lowest BCUT2D eigenvalue weighted by Gasteiger charge is -2.44. The summed E-state index contributed by atoms with van der Waals surface area (Å²) >= 11 is 0. The summed E-state index contributed by atoms with van der Waals surface area (Å²) in [5.74, 6) is 0.987. The fourth-order valence-electron chi connectivity index (χ4n) is 2.45. The monoisotopic (exact) mass is 153 g/mol. The summed E-state index contributed by atoms with van der Waals surface area (Å²) in [4.78, 5) is 0. The second-order valence-corrected chi connectivity index (χ2v) is 4.98. The van der Waals surface area contributed by atoms with Crippen LogP contribution in [0.1, 0.15) is 39.5 Å². The maximum absolute atomic E-state index is 3.62. The van der Waals surface area contributed by atoms with Crippen LogP contribution >= 0.6 is 0 Å². The molecule has 1 N–H and O–H groups in total. The minimum Gasteiger partial charge on any atom is -0.313 e. The third-order valence-electron chi connectivity index (χ3n) is 3.08. The Hall–Kier alpha value is -0.0400. The highest BCUT2D eigenvalue weighted by atomic mass is 15.0. The van der Waals surface area contributed by atoms with E-state index >= 15 is 0 Å². The largest absolute Gasteiger partial charge is 0.313 e. The van der Waals surface area contributed by atoms with Crippen molar-refractivity contribution in [2.75, 3.05) is 6.54 Å². The van der Waals surface area contributed by atoms with E-state index in [-0.39, 0.29) is 0 Å². The van der Waals surface area contributed by atoms with E-state index in [4.69, 9.17) is 0 Å². The molecular weight excluding hydrogens is 134 g/mol. The smallest absolute Gasteiger partial charge is 0.00684 e. The normalized spacial score (nSPS) is 43.6. The molecule has 2 fully saturated rings. The molecule has 2 rings (SSSR count). The van der Waals surface area contributed by atoms with Crippen molar-refractivity contribution in [3.63, 3.8) is 0 Å². The predicted molar refractivity (Wildman–Crippen MR) is 47.5 cm³/mol. The first-order valence-electron chi connectivity index (χ1n) is 4.91. The molecule has 0 amide bonds.